The average Bonchev–Trinajstić information content (AvgIpc) is 3.32. The highest BCUT2D eigenvalue weighted by molar-refractivity contribution is 8.00. The summed E-state index contributed by atoms with van der Waals surface area (Å²) in [5.74, 6) is 0.212. The molecule has 0 saturated carbocycles. The number of rotatable bonds is 8. The van der Waals surface area contributed by atoms with E-state index in [1.54, 1.807) is 42.1 Å². The van der Waals surface area contributed by atoms with E-state index >= 15 is 0 Å². The molecule has 31 heavy (non-hydrogen) atoms. The number of thioether (sulfide) groups is 1. The summed E-state index contributed by atoms with van der Waals surface area (Å²) in [5, 5.41) is 4.12. The van der Waals surface area contributed by atoms with E-state index in [-0.39, 0.29) is 11.5 Å². The van der Waals surface area contributed by atoms with E-state index in [2.05, 4.69) is 10.3 Å². The van der Waals surface area contributed by atoms with Crippen LogP contribution in [0.2, 0.25) is 5.02 Å². The van der Waals surface area contributed by atoms with Crippen LogP contribution in [0.25, 0.3) is 10.2 Å². The number of amides is 1. The number of aromatic nitrogens is 3. The molecule has 0 radical (unpaired) electrons. The highest BCUT2D eigenvalue weighted by Crippen LogP contribution is 2.36. The fourth-order valence-corrected chi connectivity index (χ4v) is 5.95. The number of thiophene rings is 1. The van der Waals surface area contributed by atoms with Crippen LogP contribution in [0.5, 0.6) is 0 Å². The topological polar surface area (TPSA) is 86.1 Å². The molecule has 1 N–H and O–H groups in total. The molecule has 0 bridgehead atoms. The molecule has 4 rings (SSSR count). The molecule has 3 aromatic heterocycles. The standard InChI is InChI=1S/C21H23ClN4O3S2/c1-12(18(27)24-16-8-7-13(22)11-23-16)30-21-25-19-17(14-5-3-6-15(14)31-19)20(28)26(21)9-4-10-29-2/h7-8,11-12H,3-6,9-10H2,1-2H3,(H,23,24,27)/t12-/m1/s1. The summed E-state index contributed by atoms with van der Waals surface area (Å²) >= 11 is 8.74. The SMILES string of the molecule is COCCCn1c(S[C@H](C)C(=O)Nc2ccc(Cl)cn2)nc2sc3c(c2c1=O)CCC3. The van der Waals surface area contributed by atoms with Crippen molar-refractivity contribution in [1.82, 2.24) is 14.5 Å². The van der Waals surface area contributed by atoms with Gasteiger partial charge in [0.05, 0.1) is 15.7 Å². The van der Waals surface area contributed by atoms with Gasteiger partial charge < -0.3 is 10.1 Å². The molecule has 0 fully saturated rings. The lowest BCUT2D eigenvalue weighted by Gasteiger charge is -2.15. The van der Waals surface area contributed by atoms with Crippen LogP contribution in [-0.4, -0.2) is 39.4 Å². The van der Waals surface area contributed by atoms with Crippen LogP contribution in [0.3, 0.4) is 0 Å². The molecular formula is C21H23ClN4O3S2. The molecule has 1 aliphatic carbocycles. The minimum atomic E-state index is -0.470. The van der Waals surface area contributed by atoms with Gasteiger partial charge in [-0.15, -0.1) is 11.3 Å². The van der Waals surface area contributed by atoms with Gasteiger partial charge in [0.2, 0.25) is 5.91 Å². The number of methoxy groups -OCH3 is 1. The number of halogens is 1. The number of carbonyl (C=O) groups excluding carboxylic acids is 1. The Balaban J connectivity index is 1.61. The van der Waals surface area contributed by atoms with Gasteiger partial charge in [0, 0.05) is 31.3 Å². The fraction of sp³-hybridized carbons (Fsp3) is 0.429. The molecule has 1 atom stereocenters. The van der Waals surface area contributed by atoms with E-state index in [0.29, 0.717) is 35.6 Å². The van der Waals surface area contributed by atoms with Crippen molar-refractivity contribution in [3.63, 3.8) is 0 Å². The Morgan fingerprint density at radius 1 is 1.42 bits per heavy atom. The lowest BCUT2D eigenvalue weighted by molar-refractivity contribution is -0.115. The summed E-state index contributed by atoms with van der Waals surface area (Å²) in [6.07, 6.45) is 5.21. The van der Waals surface area contributed by atoms with Gasteiger partial charge in [0.15, 0.2) is 5.16 Å². The third-order valence-electron chi connectivity index (χ3n) is 5.15. The highest BCUT2D eigenvalue weighted by Gasteiger charge is 2.25. The lowest BCUT2D eigenvalue weighted by Crippen LogP contribution is -2.27. The molecule has 10 heteroatoms. The molecule has 0 aliphatic heterocycles. The van der Waals surface area contributed by atoms with Crippen molar-refractivity contribution < 1.29 is 9.53 Å². The van der Waals surface area contributed by atoms with Crippen molar-refractivity contribution in [1.29, 1.82) is 0 Å². The number of carbonyl (C=O) groups is 1. The molecule has 0 saturated heterocycles. The van der Waals surface area contributed by atoms with Crippen LogP contribution in [0.1, 0.15) is 30.2 Å². The number of aryl methyl sites for hydroxylation is 2. The second-order valence-corrected chi connectivity index (χ2v) is 10.2. The van der Waals surface area contributed by atoms with Crippen molar-refractivity contribution in [2.75, 3.05) is 19.0 Å². The van der Waals surface area contributed by atoms with E-state index in [1.807, 2.05) is 0 Å². The summed E-state index contributed by atoms with van der Waals surface area (Å²) < 4.78 is 6.86. The van der Waals surface area contributed by atoms with Crippen LogP contribution < -0.4 is 10.9 Å². The molecule has 7 nitrogen and oxygen atoms in total. The van der Waals surface area contributed by atoms with Crippen molar-refractivity contribution in [3.8, 4) is 0 Å². The first kappa shape index (κ1) is 22.3. The van der Waals surface area contributed by atoms with Crippen molar-refractivity contribution in [2.45, 2.75) is 49.6 Å². The summed E-state index contributed by atoms with van der Waals surface area (Å²) in [7, 11) is 1.64. The number of nitrogens with one attached hydrogen (secondary N) is 1. The first-order chi connectivity index (χ1) is 15.0. The number of nitrogens with zero attached hydrogens (tertiary/aromatic N) is 3. The maximum Gasteiger partial charge on any atom is 0.263 e. The molecule has 3 heterocycles. The van der Waals surface area contributed by atoms with Gasteiger partial charge in [-0.25, -0.2) is 9.97 Å². The monoisotopic (exact) mass is 478 g/mol. The van der Waals surface area contributed by atoms with Crippen LogP contribution in [0.15, 0.2) is 28.3 Å². The predicted molar refractivity (Wildman–Crippen MR) is 126 cm³/mol. The fourth-order valence-electron chi connectivity index (χ4n) is 3.60. The Kier molecular flexibility index (Phi) is 6.95. The van der Waals surface area contributed by atoms with E-state index in [9.17, 15) is 9.59 Å². The van der Waals surface area contributed by atoms with Crippen molar-refractivity contribution in [3.05, 3.63) is 44.1 Å². The van der Waals surface area contributed by atoms with Crippen LogP contribution >= 0.6 is 34.7 Å². The molecule has 3 aromatic rings. The minimum absolute atomic E-state index is 0.0185. The summed E-state index contributed by atoms with van der Waals surface area (Å²) in [5.41, 5.74) is 1.14. The van der Waals surface area contributed by atoms with Gasteiger partial charge >= 0.3 is 0 Å². The van der Waals surface area contributed by atoms with Crippen LogP contribution in [0.4, 0.5) is 5.82 Å². The quantitative estimate of drug-likeness (QED) is 0.297. The number of pyridine rings is 1. The molecule has 1 aliphatic rings. The minimum Gasteiger partial charge on any atom is -0.385 e. The maximum absolute atomic E-state index is 13.4. The Morgan fingerprint density at radius 2 is 2.26 bits per heavy atom. The lowest BCUT2D eigenvalue weighted by atomic mass is 10.2. The number of hydrogen-bond acceptors (Lipinski definition) is 7. The molecule has 1 amide bonds. The average molecular weight is 479 g/mol. The van der Waals surface area contributed by atoms with E-state index in [1.165, 1.54) is 22.8 Å². The zero-order chi connectivity index (χ0) is 22.0. The van der Waals surface area contributed by atoms with Crippen molar-refractivity contribution >= 4 is 56.6 Å². The zero-order valence-electron chi connectivity index (χ0n) is 17.3. The molecular weight excluding hydrogens is 456 g/mol. The van der Waals surface area contributed by atoms with Gasteiger partial charge in [-0.05, 0) is 50.3 Å². The number of hydrogen-bond donors (Lipinski definition) is 1. The Hall–Kier alpha value is -1.94. The smallest absolute Gasteiger partial charge is 0.263 e. The Bertz CT molecular complexity index is 1160. The third-order valence-corrected chi connectivity index (χ3v) is 7.65. The van der Waals surface area contributed by atoms with Gasteiger partial charge in [0.25, 0.3) is 5.56 Å². The normalized spacial score (nSPS) is 14.0. The zero-order valence-corrected chi connectivity index (χ0v) is 19.7. The van der Waals surface area contributed by atoms with E-state index in [4.69, 9.17) is 21.3 Å². The van der Waals surface area contributed by atoms with Gasteiger partial charge in [-0.2, -0.15) is 0 Å². The summed E-state index contributed by atoms with van der Waals surface area (Å²) in [6.45, 7) is 2.84. The molecule has 164 valence electrons. The third kappa shape index (κ3) is 4.79. The van der Waals surface area contributed by atoms with Gasteiger partial charge in [0.1, 0.15) is 10.6 Å². The molecule has 0 spiro atoms. The van der Waals surface area contributed by atoms with Gasteiger partial charge in [-0.3, -0.25) is 14.2 Å². The van der Waals surface area contributed by atoms with E-state index in [0.717, 1.165) is 35.0 Å². The largest absolute Gasteiger partial charge is 0.385 e. The summed E-state index contributed by atoms with van der Waals surface area (Å²) in [6, 6.07) is 3.32. The Labute approximate surface area is 193 Å². The summed E-state index contributed by atoms with van der Waals surface area (Å²) in [4.78, 5) is 37.0. The second kappa shape index (κ2) is 9.68. The van der Waals surface area contributed by atoms with Crippen molar-refractivity contribution in [2.24, 2.45) is 0 Å². The molecule has 0 unspecified atom stereocenters. The first-order valence-corrected chi connectivity index (χ1v) is 12.2. The highest BCUT2D eigenvalue weighted by atomic mass is 35.5. The second-order valence-electron chi connectivity index (χ2n) is 7.35. The van der Waals surface area contributed by atoms with Gasteiger partial charge in [-0.1, -0.05) is 23.4 Å². The predicted octanol–water partition coefficient (Wildman–Crippen LogP) is 4.15. The molecule has 0 aromatic carbocycles. The Morgan fingerprint density at radius 3 is 3.00 bits per heavy atom. The maximum atomic E-state index is 13.4. The number of fused-ring (bicyclic) bond motifs is 3. The number of ether oxygens (including phenoxy) is 1. The van der Waals surface area contributed by atoms with Crippen LogP contribution in [-0.2, 0) is 28.9 Å². The number of anilines is 1. The van der Waals surface area contributed by atoms with E-state index < -0.39 is 5.25 Å². The van der Waals surface area contributed by atoms with Crippen LogP contribution in [0, 0.1) is 0 Å². The first-order valence-electron chi connectivity index (χ1n) is 10.1.